The molecule has 0 fully saturated rings. The van der Waals surface area contributed by atoms with Crippen LogP contribution >= 0.6 is 0 Å². The van der Waals surface area contributed by atoms with Crippen LogP contribution in [0.4, 0.5) is 19.1 Å². The zero-order valence-electron chi connectivity index (χ0n) is 7.04. The van der Waals surface area contributed by atoms with E-state index in [1.807, 2.05) is 0 Å². The van der Waals surface area contributed by atoms with Crippen LogP contribution in [0.5, 0.6) is 0 Å². The number of hydrogen-bond donors (Lipinski definition) is 3. The monoisotopic (exact) mass is 222 g/mol. The largest absolute Gasteiger partial charge is 0.478 e. The molecule has 0 radical (unpaired) electrons. The minimum absolute atomic E-state index is 0.507. The second-order valence-electron chi connectivity index (χ2n) is 2.40. The number of hydrazine groups is 1. The first-order chi connectivity index (χ1) is 6.86. The number of aromatic carboxylic acids is 1. The van der Waals surface area contributed by atoms with Gasteiger partial charge in [-0.25, -0.2) is 20.6 Å². The zero-order chi connectivity index (χ0) is 11.6. The minimum Gasteiger partial charge on any atom is -0.478 e. The van der Waals surface area contributed by atoms with E-state index in [9.17, 15) is 18.0 Å². The molecule has 0 saturated carbocycles. The van der Waals surface area contributed by atoms with Crippen LogP contribution in [-0.4, -0.2) is 21.0 Å². The van der Waals surface area contributed by atoms with Gasteiger partial charge >= 0.3 is 12.1 Å². The van der Waals surface area contributed by atoms with Gasteiger partial charge in [-0.05, 0) is 0 Å². The molecule has 0 aliphatic carbocycles. The van der Waals surface area contributed by atoms with Gasteiger partial charge in [0.25, 0.3) is 0 Å². The number of alkyl halides is 3. The molecule has 15 heavy (non-hydrogen) atoms. The predicted octanol–water partition coefficient (Wildman–Crippen LogP) is 0.479. The van der Waals surface area contributed by atoms with Crippen LogP contribution < -0.4 is 11.3 Å². The zero-order valence-corrected chi connectivity index (χ0v) is 7.04. The van der Waals surface area contributed by atoms with Crippen LogP contribution in [0.1, 0.15) is 16.1 Å². The standard InChI is InChI=1S/C6H5F3N4O2/c7-6(8,9)3-2(4(14)15)1-11-5(12-3)13-10/h1H,10H2,(H,14,15)(H,11,12,13). The fourth-order valence-corrected chi connectivity index (χ4v) is 0.824. The molecule has 0 aliphatic rings. The summed E-state index contributed by atoms with van der Waals surface area (Å²) in [7, 11) is 0. The maximum Gasteiger partial charge on any atom is 0.434 e. The molecule has 0 saturated heterocycles. The Hall–Kier alpha value is -1.90. The molecule has 0 aromatic carbocycles. The quantitative estimate of drug-likeness (QED) is 0.497. The lowest BCUT2D eigenvalue weighted by Gasteiger charge is -2.09. The summed E-state index contributed by atoms with van der Waals surface area (Å²) in [4.78, 5) is 16.6. The van der Waals surface area contributed by atoms with Crippen molar-refractivity contribution in [2.45, 2.75) is 6.18 Å². The van der Waals surface area contributed by atoms with E-state index in [2.05, 4.69) is 9.97 Å². The van der Waals surface area contributed by atoms with E-state index in [1.165, 1.54) is 0 Å². The summed E-state index contributed by atoms with van der Waals surface area (Å²) in [6.45, 7) is 0. The van der Waals surface area contributed by atoms with Crippen molar-refractivity contribution in [2.75, 3.05) is 5.43 Å². The van der Waals surface area contributed by atoms with Crippen LogP contribution in [-0.2, 0) is 6.18 Å². The van der Waals surface area contributed by atoms with Crippen LogP contribution in [0, 0.1) is 0 Å². The van der Waals surface area contributed by atoms with Crippen molar-refractivity contribution in [3.8, 4) is 0 Å². The molecule has 82 valence electrons. The highest BCUT2D eigenvalue weighted by Gasteiger charge is 2.38. The molecular formula is C6H5F3N4O2. The van der Waals surface area contributed by atoms with Gasteiger partial charge in [0.2, 0.25) is 5.95 Å². The number of aromatic nitrogens is 2. The van der Waals surface area contributed by atoms with Gasteiger partial charge in [0.1, 0.15) is 5.56 Å². The number of anilines is 1. The molecule has 1 heterocycles. The fourth-order valence-electron chi connectivity index (χ4n) is 0.824. The van der Waals surface area contributed by atoms with Crippen LogP contribution in [0.2, 0.25) is 0 Å². The molecule has 0 unspecified atom stereocenters. The van der Waals surface area contributed by atoms with E-state index in [1.54, 1.807) is 5.43 Å². The summed E-state index contributed by atoms with van der Waals surface area (Å²) < 4.78 is 36.9. The van der Waals surface area contributed by atoms with Gasteiger partial charge in [0.05, 0.1) is 0 Å². The second-order valence-corrected chi connectivity index (χ2v) is 2.40. The second kappa shape index (κ2) is 3.69. The molecule has 0 atom stereocenters. The lowest BCUT2D eigenvalue weighted by Crippen LogP contribution is -2.19. The van der Waals surface area contributed by atoms with Crippen molar-refractivity contribution < 1.29 is 23.1 Å². The Morgan fingerprint density at radius 2 is 2.13 bits per heavy atom. The Balaban J connectivity index is 3.36. The third-order valence-electron chi connectivity index (χ3n) is 1.42. The van der Waals surface area contributed by atoms with Gasteiger partial charge in [-0.1, -0.05) is 0 Å². The highest BCUT2D eigenvalue weighted by atomic mass is 19.4. The normalized spacial score (nSPS) is 11.2. The molecule has 1 aromatic rings. The first kappa shape index (κ1) is 11.2. The highest BCUT2D eigenvalue weighted by Crippen LogP contribution is 2.30. The number of hydrogen-bond acceptors (Lipinski definition) is 5. The van der Waals surface area contributed by atoms with E-state index in [0.717, 1.165) is 0 Å². The first-order valence-corrected chi connectivity index (χ1v) is 3.50. The van der Waals surface area contributed by atoms with E-state index in [0.29, 0.717) is 6.20 Å². The molecule has 6 nitrogen and oxygen atoms in total. The number of halogens is 3. The number of nitrogens with two attached hydrogens (primary N) is 1. The Morgan fingerprint density at radius 1 is 1.53 bits per heavy atom. The van der Waals surface area contributed by atoms with Crippen LogP contribution in [0.3, 0.4) is 0 Å². The lowest BCUT2D eigenvalue weighted by molar-refractivity contribution is -0.141. The molecule has 0 amide bonds. The van der Waals surface area contributed by atoms with Gasteiger partial charge in [-0.15, -0.1) is 0 Å². The van der Waals surface area contributed by atoms with Crippen molar-refractivity contribution in [1.29, 1.82) is 0 Å². The summed E-state index contributed by atoms with van der Waals surface area (Å²) in [5.41, 5.74) is -0.780. The SMILES string of the molecule is NNc1ncc(C(=O)O)c(C(F)(F)F)n1. The topological polar surface area (TPSA) is 101 Å². The van der Waals surface area contributed by atoms with Gasteiger partial charge in [0, 0.05) is 6.20 Å². The molecule has 1 aromatic heterocycles. The third kappa shape index (κ3) is 2.31. The minimum atomic E-state index is -4.87. The molecule has 9 heteroatoms. The Bertz CT molecular complexity index is 392. The third-order valence-corrected chi connectivity index (χ3v) is 1.42. The van der Waals surface area contributed by atoms with Gasteiger partial charge in [0.15, 0.2) is 5.69 Å². The Kier molecular flexibility index (Phi) is 2.75. The molecule has 0 bridgehead atoms. The number of nitrogens with zero attached hydrogens (tertiary/aromatic N) is 2. The van der Waals surface area contributed by atoms with E-state index in [-0.39, 0.29) is 0 Å². The number of nitrogens with one attached hydrogen (secondary N) is 1. The first-order valence-electron chi connectivity index (χ1n) is 3.50. The maximum atomic E-state index is 12.3. The molecule has 1 rings (SSSR count). The smallest absolute Gasteiger partial charge is 0.434 e. The van der Waals surface area contributed by atoms with Crippen LogP contribution in [0.25, 0.3) is 0 Å². The summed E-state index contributed by atoms with van der Waals surface area (Å²) in [5, 5.41) is 8.46. The molecule has 0 aliphatic heterocycles. The molecule has 0 spiro atoms. The molecule has 4 N–H and O–H groups in total. The van der Waals surface area contributed by atoms with Crippen LogP contribution in [0.15, 0.2) is 6.20 Å². The maximum absolute atomic E-state index is 12.3. The number of carboxylic acids is 1. The number of nitrogen functional groups attached to an aromatic ring is 1. The highest BCUT2D eigenvalue weighted by molar-refractivity contribution is 5.88. The predicted molar refractivity (Wildman–Crippen MR) is 41.8 cm³/mol. The van der Waals surface area contributed by atoms with E-state index in [4.69, 9.17) is 10.9 Å². The van der Waals surface area contributed by atoms with Crippen molar-refractivity contribution in [2.24, 2.45) is 5.84 Å². The van der Waals surface area contributed by atoms with E-state index >= 15 is 0 Å². The van der Waals surface area contributed by atoms with Gasteiger partial charge in [-0.3, -0.25) is 5.43 Å². The summed E-state index contributed by atoms with van der Waals surface area (Å²) >= 11 is 0. The van der Waals surface area contributed by atoms with Gasteiger partial charge in [-0.2, -0.15) is 13.2 Å². The van der Waals surface area contributed by atoms with Gasteiger partial charge < -0.3 is 5.11 Å². The summed E-state index contributed by atoms with van der Waals surface area (Å²) in [6, 6.07) is 0. The average Bonchev–Trinajstić information content (AvgIpc) is 2.15. The average molecular weight is 222 g/mol. The Morgan fingerprint density at radius 3 is 2.53 bits per heavy atom. The fraction of sp³-hybridized carbons (Fsp3) is 0.167. The van der Waals surface area contributed by atoms with Crippen molar-refractivity contribution >= 4 is 11.9 Å². The summed E-state index contributed by atoms with van der Waals surface area (Å²) in [5.74, 6) is 2.53. The van der Waals surface area contributed by atoms with Crippen molar-refractivity contribution in [1.82, 2.24) is 9.97 Å². The lowest BCUT2D eigenvalue weighted by atomic mass is 10.2. The van der Waals surface area contributed by atoms with Crippen molar-refractivity contribution in [3.63, 3.8) is 0 Å². The number of rotatable bonds is 2. The number of carboxylic acid groups (broad SMARTS) is 1. The van der Waals surface area contributed by atoms with E-state index < -0.39 is 29.4 Å². The van der Waals surface area contributed by atoms with Crippen molar-refractivity contribution in [3.05, 3.63) is 17.5 Å². The molecular weight excluding hydrogens is 217 g/mol. The Labute approximate surface area is 80.9 Å². The summed E-state index contributed by atoms with van der Waals surface area (Å²) in [6.07, 6.45) is -4.34. The number of carbonyl (C=O) groups is 1.